The van der Waals surface area contributed by atoms with Gasteiger partial charge in [0.05, 0.1) is 11.6 Å². The van der Waals surface area contributed by atoms with Gasteiger partial charge < -0.3 is 10.6 Å². The third kappa shape index (κ3) is 2.30. The van der Waals surface area contributed by atoms with E-state index in [9.17, 15) is 0 Å². The van der Waals surface area contributed by atoms with Crippen molar-refractivity contribution in [2.24, 2.45) is 5.41 Å². The minimum absolute atomic E-state index is 0.458. The first-order valence-electron chi connectivity index (χ1n) is 7.45. The zero-order valence-electron chi connectivity index (χ0n) is 12.2. The van der Waals surface area contributed by atoms with E-state index >= 15 is 0 Å². The Kier molecular flexibility index (Phi) is 3.46. The van der Waals surface area contributed by atoms with Gasteiger partial charge in [-0.15, -0.1) is 0 Å². The van der Waals surface area contributed by atoms with Gasteiger partial charge in [-0.2, -0.15) is 15.1 Å². The Balaban J connectivity index is 1.83. The van der Waals surface area contributed by atoms with Crippen LogP contribution in [0.3, 0.4) is 0 Å². The molecule has 0 amide bonds. The predicted molar refractivity (Wildman–Crippen MR) is 80.9 cm³/mol. The molecular formula is C14H22N6. The van der Waals surface area contributed by atoms with Crippen LogP contribution in [0.25, 0.3) is 11.0 Å². The molecule has 108 valence electrons. The molecule has 2 heterocycles. The zero-order valence-corrected chi connectivity index (χ0v) is 12.2. The first-order chi connectivity index (χ1) is 9.76. The van der Waals surface area contributed by atoms with E-state index < -0.39 is 0 Å². The maximum atomic E-state index is 4.57. The molecule has 1 fully saturated rings. The average molecular weight is 274 g/mol. The minimum atomic E-state index is 0.458. The standard InChI is InChI=1S/C14H22N6/c1-3-14(6-5-7-14)9-16-11-10-8-17-20-12(10)19-13(18-11)15-4-2/h8H,3-7,9H2,1-2H3,(H3,15,16,17,18,19,20). The molecular weight excluding hydrogens is 252 g/mol. The lowest BCUT2D eigenvalue weighted by molar-refractivity contribution is 0.145. The van der Waals surface area contributed by atoms with E-state index in [1.165, 1.54) is 25.7 Å². The normalized spacial score (nSPS) is 16.9. The predicted octanol–water partition coefficient (Wildman–Crippen LogP) is 2.78. The smallest absolute Gasteiger partial charge is 0.226 e. The summed E-state index contributed by atoms with van der Waals surface area (Å²) in [7, 11) is 0. The molecule has 0 radical (unpaired) electrons. The number of fused-ring (bicyclic) bond motifs is 1. The molecule has 3 N–H and O–H groups in total. The Morgan fingerprint density at radius 3 is 2.75 bits per heavy atom. The summed E-state index contributed by atoms with van der Waals surface area (Å²) in [6.45, 7) is 6.09. The Bertz CT molecular complexity index is 581. The number of hydrogen-bond acceptors (Lipinski definition) is 5. The van der Waals surface area contributed by atoms with E-state index in [-0.39, 0.29) is 0 Å². The highest BCUT2D eigenvalue weighted by atomic mass is 15.2. The van der Waals surface area contributed by atoms with Gasteiger partial charge in [-0.3, -0.25) is 5.10 Å². The minimum Gasteiger partial charge on any atom is -0.369 e. The third-order valence-electron chi connectivity index (χ3n) is 4.44. The number of rotatable bonds is 6. The fraction of sp³-hybridized carbons (Fsp3) is 0.643. The fourth-order valence-electron chi connectivity index (χ4n) is 2.81. The van der Waals surface area contributed by atoms with Gasteiger partial charge in [-0.25, -0.2) is 0 Å². The summed E-state index contributed by atoms with van der Waals surface area (Å²) in [6.07, 6.45) is 6.99. The van der Waals surface area contributed by atoms with Crippen LogP contribution in [0, 0.1) is 5.41 Å². The van der Waals surface area contributed by atoms with Gasteiger partial charge in [0.25, 0.3) is 0 Å². The van der Waals surface area contributed by atoms with E-state index in [1.54, 1.807) is 6.20 Å². The molecule has 0 bridgehead atoms. The van der Waals surface area contributed by atoms with Crippen LogP contribution in [-0.4, -0.2) is 33.3 Å². The van der Waals surface area contributed by atoms with Crippen LogP contribution in [0.15, 0.2) is 6.20 Å². The van der Waals surface area contributed by atoms with Crippen molar-refractivity contribution in [2.45, 2.75) is 39.5 Å². The summed E-state index contributed by atoms with van der Waals surface area (Å²) in [4.78, 5) is 8.97. The highest BCUT2D eigenvalue weighted by Gasteiger charge is 2.34. The summed E-state index contributed by atoms with van der Waals surface area (Å²) in [6, 6.07) is 0. The number of H-pyrrole nitrogens is 1. The molecule has 0 atom stereocenters. The molecule has 1 aliphatic carbocycles. The molecule has 0 aromatic carbocycles. The largest absolute Gasteiger partial charge is 0.369 e. The number of anilines is 2. The van der Waals surface area contributed by atoms with Crippen molar-refractivity contribution in [3.05, 3.63) is 6.20 Å². The Morgan fingerprint density at radius 1 is 1.25 bits per heavy atom. The molecule has 1 aliphatic rings. The Hall–Kier alpha value is -1.85. The quantitative estimate of drug-likeness (QED) is 0.755. The second kappa shape index (κ2) is 5.26. The van der Waals surface area contributed by atoms with Gasteiger partial charge in [0, 0.05) is 13.1 Å². The topological polar surface area (TPSA) is 78.5 Å². The first kappa shape index (κ1) is 13.1. The Morgan fingerprint density at radius 2 is 2.10 bits per heavy atom. The molecule has 0 aliphatic heterocycles. The van der Waals surface area contributed by atoms with E-state index in [4.69, 9.17) is 0 Å². The molecule has 2 aromatic heterocycles. The van der Waals surface area contributed by atoms with Crippen molar-refractivity contribution >= 4 is 22.8 Å². The van der Waals surface area contributed by atoms with E-state index in [1.807, 2.05) is 6.92 Å². The van der Waals surface area contributed by atoms with Crippen molar-refractivity contribution in [1.82, 2.24) is 20.2 Å². The summed E-state index contributed by atoms with van der Waals surface area (Å²) in [5.74, 6) is 1.52. The average Bonchev–Trinajstić information content (AvgIpc) is 2.86. The molecule has 0 spiro atoms. The zero-order chi connectivity index (χ0) is 14.0. The van der Waals surface area contributed by atoms with Crippen LogP contribution >= 0.6 is 0 Å². The molecule has 6 nitrogen and oxygen atoms in total. The van der Waals surface area contributed by atoms with Crippen LogP contribution < -0.4 is 10.6 Å². The van der Waals surface area contributed by atoms with Crippen LogP contribution in [0.2, 0.25) is 0 Å². The SMILES string of the molecule is CCNc1nc(NCC2(CC)CCC2)c2cn[nH]c2n1. The molecule has 3 rings (SSSR count). The highest BCUT2D eigenvalue weighted by molar-refractivity contribution is 5.86. The summed E-state index contributed by atoms with van der Waals surface area (Å²) >= 11 is 0. The maximum absolute atomic E-state index is 4.57. The second-order valence-corrected chi connectivity index (χ2v) is 5.62. The fourth-order valence-corrected chi connectivity index (χ4v) is 2.81. The third-order valence-corrected chi connectivity index (χ3v) is 4.44. The first-order valence-corrected chi connectivity index (χ1v) is 7.45. The van der Waals surface area contributed by atoms with Crippen molar-refractivity contribution in [2.75, 3.05) is 23.7 Å². The van der Waals surface area contributed by atoms with Gasteiger partial charge in [0.15, 0.2) is 5.65 Å². The van der Waals surface area contributed by atoms with E-state index in [0.717, 1.165) is 29.9 Å². The molecule has 1 saturated carbocycles. The lowest BCUT2D eigenvalue weighted by Gasteiger charge is -2.41. The second-order valence-electron chi connectivity index (χ2n) is 5.62. The van der Waals surface area contributed by atoms with Crippen LogP contribution in [0.5, 0.6) is 0 Å². The van der Waals surface area contributed by atoms with Gasteiger partial charge >= 0.3 is 0 Å². The summed E-state index contributed by atoms with van der Waals surface area (Å²) in [5.41, 5.74) is 1.23. The van der Waals surface area contributed by atoms with Crippen LogP contribution in [-0.2, 0) is 0 Å². The summed E-state index contributed by atoms with van der Waals surface area (Å²) in [5, 5.41) is 14.6. The van der Waals surface area contributed by atoms with Crippen molar-refractivity contribution in [3.63, 3.8) is 0 Å². The van der Waals surface area contributed by atoms with E-state index in [2.05, 4.69) is 37.7 Å². The van der Waals surface area contributed by atoms with Crippen molar-refractivity contribution in [3.8, 4) is 0 Å². The lowest BCUT2D eigenvalue weighted by atomic mass is 9.67. The van der Waals surface area contributed by atoms with Gasteiger partial charge in [-0.05, 0) is 31.6 Å². The molecule has 6 heteroatoms. The van der Waals surface area contributed by atoms with Crippen molar-refractivity contribution < 1.29 is 0 Å². The van der Waals surface area contributed by atoms with Gasteiger partial charge in [0.1, 0.15) is 5.82 Å². The lowest BCUT2D eigenvalue weighted by Crippen LogP contribution is -2.36. The number of aromatic nitrogens is 4. The number of nitrogens with zero attached hydrogens (tertiary/aromatic N) is 3. The highest BCUT2D eigenvalue weighted by Crippen LogP contribution is 2.43. The maximum Gasteiger partial charge on any atom is 0.226 e. The van der Waals surface area contributed by atoms with E-state index in [0.29, 0.717) is 11.4 Å². The van der Waals surface area contributed by atoms with Gasteiger partial charge in [-0.1, -0.05) is 13.3 Å². The molecule has 0 unspecified atom stereocenters. The molecule has 2 aromatic rings. The summed E-state index contributed by atoms with van der Waals surface area (Å²) < 4.78 is 0. The van der Waals surface area contributed by atoms with Gasteiger partial charge in [0.2, 0.25) is 5.95 Å². The number of aromatic amines is 1. The van der Waals surface area contributed by atoms with Crippen LogP contribution in [0.4, 0.5) is 11.8 Å². The molecule has 0 saturated heterocycles. The molecule has 20 heavy (non-hydrogen) atoms. The van der Waals surface area contributed by atoms with Crippen LogP contribution in [0.1, 0.15) is 39.5 Å². The Labute approximate surface area is 118 Å². The monoisotopic (exact) mass is 274 g/mol. The van der Waals surface area contributed by atoms with Crippen molar-refractivity contribution in [1.29, 1.82) is 0 Å². The number of nitrogens with one attached hydrogen (secondary N) is 3. The number of hydrogen-bond donors (Lipinski definition) is 3.